The molecule has 1 aromatic heterocycles. The minimum atomic E-state index is -0.418. The fraction of sp³-hybridized carbons (Fsp3) is 0.0833. The maximum absolute atomic E-state index is 12.7. The van der Waals surface area contributed by atoms with Crippen molar-refractivity contribution in [3.05, 3.63) is 60.2 Å². The van der Waals surface area contributed by atoms with E-state index in [0.717, 1.165) is 5.56 Å². The molecule has 0 unspecified atom stereocenters. The van der Waals surface area contributed by atoms with Crippen molar-refractivity contribution in [3.8, 4) is 5.75 Å². The summed E-state index contributed by atoms with van der Waals surface area (Å²) in [5.74, 6) is 0.0776. The first-order valence-electron chi connectivity index (χ1n) is 4.53. The van der Waals surface area contributed by atoms with Gasteiger partial charge in [0.05, 0.1) is 0 Å². The summed E-state index contributed by atoms with van der Waals surface area (Å²) >= 11 is 0. The molecule has 0 fully saturated rings. The van der Waals surface area contributed by atoms with Crippen LogP contribution in [0.4, 0.5) is 4.39 Å². The zero-order valence-electron chi connectivity index (χ0n) is 7.98. The highest BCUT2D eigenvalue weighted by molar-refractivity contribution is 5.22. The third-order valence-electron chi connectivity index (χ3n) is 1.87. The average Bonchev–Trinajstić information content (AvgIpc) is 2.28. The van der Waals surface area contributed by atoms with Gasteiger partial charge in [-0.1, -0.05) is 6.07 Å². The number of rotatable bonds is 3. The normalized spacial score (nSPS) is 9.93. The van der Waals surface area contributed by atoms with Gasteiger partial charge in [0, 0.05) is 30.1 Å². The Morgan fingerprint density at radius 2 is 2.33 bits per heavy atom. The van der Waals surface area contributed by atoms with Crippen molar-refractivity contribution >= 4 is 0 Å². The van der Waals surface area contributed by atoms with E-state index in [4.69, 9.17) is 4.74 Å². The lowest BCUT2D eigenvalue weighted by atomic mass is 10.3. The van der Waals surface area contributed by atoms with E-state index in [1.807, 2.05) is 12.1 Å². The summed E-state index contributed by atoms with van der Waals surface area (Å²) in [5, 5.41) is 0. The van der Waals surface area contributed by atoms with Crippen molar-refractivity contribution in [2.24, 2.45) is 0 Å². The number of ether oxygens (including phenoxy) is 1. The van der Waals surface area contributed by atoms with Crippen LogP contribution in [-0.2, 0) is 6.61 Å². The largest absolute Gasteiger partial charge is 0.489 e. The maximum atomic E-state index is 12.7. The van der Waals surface area contributed by atoms with Gasteiger partial charge in [0.15, 0.2) is 0 Å². The van der Waals surface area contributed by atoms with E-state index in [-0.39, 0.29) is 0 Å². The van der Waals surface area contributed by atoms with Crippen LogP contribution in [-0.4, -0.2) is 4.98 Å². The molecule has 1 heterocycles. The fourth-order valence-corrected chi connectivity index (χ4v) is 1.16. The van der Waals surface area contributed by atoms with Crippen LogP contribution in [0, 0.1) is 11.9 Å². The molecule has 1 radical (unpaired) electrons. The maximum Gasteiger partial charge on any atom is 0.134 e. The summed E-state index contributed by atoms with van der Waals surface area (Å²) in [6, 6.07) is 10.6. The zero-order chi connectivity index (χ0) is 10.5. The number of halogens is 1. The van der Waals surface area contributed by atoms with Crippen molar-refractivity contribution in [3.63, 3.8) is 0 Å². The van der Waals surface area contributed by atoms with Gasteiger partial charge >= 0.3 is 0 Å². The Hall–Kier alpha value is -1.90. The van der Waals surface area contributed by atoms with Gasteiger partial charge in [-0.3, -0.25) is 4.98 Å². The lowest BCUT2D eigenvalue weighted by Gasteiger charge is -2.05. The summed E-state index contributed by atoms with van der Waals surface area (Å²) in [7, 11) is 0. The van der Waals surface area contributed by atoms with Crippen molar-refractivity contribution in [1.29, 1.82) is 0 Å². The van der Waals surface area contributed by atoms with Gasteiger partial charge in [-0.2, -0.15) is 0 Å². The Morgan fingerprint density at radius 1 is 1.40 bits per heavy atom. The molecular formula is C12H9FNO. The van der Waals surface area contributed by atoms with Crippen LogP contribution in [0.15, 0.2) is 42.7 Å². The van der Waals surface area contributed by atoms with E-state index in [9.17, 15) is 4.39 Å². The van der Waals surface area contributed by atoms with Gasteiger partial charge in [0.25, 0.3) is 0 Å². The first-order valence-corrected chi connectivity index (χ1v) is 4.53. The molecule has 0 saturated carbocycles. The first kappa shape index (κ1) is 9.65. The van der Waals surface area contributed by atoms with Gasteiger partial charge in [0.1, 0.15) is 18.2 Å². The molecule has 0 saturated heterocycles. The van der Waals surface area contributed by atoms with E-state index >= 15 is 0 Å². The summed E-state index contributed by atoms with van der Waals surface area (Å²) < 4.78 is 18.1. The molecule has 0 aliphatic heterocycles. The molecule has 0 aliphatic rings. The van der Waals surface area contributed by atoms with Crippen molar-refractivity contribution in [1.82, 2.24) is 4.98 Å². The summed E-state index contributed by atoms with van der Waals surface area (Å²) in [6.07, 6.45) is 3.41. The first-order chi connectivity index (χ1) is 7.34. The SMILES string of the molecule is Fc1[c]ccc(OCc2cccnc2)c1. The highest BCUT2D eigenvalue weighted by Crippen LogP contribution is 2.13. The average molecular weight is 202 g/mol. The van der Waals surface area contributed by atoms with Crippen LogP contribution in [0.5, 0.6) is 5.75 Å². The second-order valence-corrected chi connectivity index (χ2v) is 3.02. The number of benzene rings is 1. The van der Waals surface area contributed by atoms with Crippen LogP contribution in [0.25, 0.3) is 0 Å². The predicted octanol–water partition coefficient (Wildman–Crippen LogP) is 2.60. The van der Waals surface area contributed by atoms with Crippen LogP contribution in [0.3, 0.4) is 0 Å². The van der Waals surface area contributed by atoms with E-state index in [1.165, 1.54) is 12.1 Å². The van der Waals surface area contributed by atoms with Gasteiger partial charge in [-0.05, 0) is 18.2 Å². The summed E-state index contributed by atoms with van der Waals surface area (Å²) in [5.41, 5.74) is 0.950. The molecule has 0 spiro atoms. The van der Waals surface area contributed by atoms with E-state index in [2.05, 4.69) is 11.1 Å². The minimum absolute atomic E-state index is 0.386. The smallest absolute Gasteiger partial charge is 0.134 e. The highest BCUT2D eigenvalue weighted by atomic mass is 19.1. The van der Waals surface area contributed by atoms with Crippen molar-refractivity contribution in [2.45, 2.75) is 6.61 Å². The Labute approximate surface area is 87.4 Å². The molecule has 75 valence electrons. The lowest BCUT2D eigenvalue weighted by molar-refractivity contribution is 0.304. The number of hydrogen-bond donors (Lipinski definition) is 0. The van der Waals surface area contributed by atoms with Crippen molar-refractivity contribution < 1.29 is 9.13 Å². The number of hydrogen-bond acceptors (Lipinski definition) is 2. The van der Waals surface area contributed by atoms with E-state index < -0.39 is 5.82 Å². The van der Waals surface area contributed by atoms with Gasteiger partial charge in [-0.15, -0.1) is 0 Å². The predicted molar refractivity (Wildman–Crippen MR) is 53.8 cm³/mol. The fourth-order valence-electron chi connectivity index (χ4n) is 1.16. The third kappa shape index (κ3) is 2.77. The van der Waals surface area contributed by atoms with Gasteiger partial charge < -0.3 is 4.74 Å². The molecule has 2 aromatic rings. The molecule has 0 atom stereocenters. The zero-order valence-corrected chi connectivity index (χ0v) is 7.98. The molecule has 1 aromatic carbocycles. The second-order valence-electron chi connectivity index (χ2n) is 3.02. The second kappa shape index (κ2) is 4.55. The Kier molecular flexibility index (Phi) is 2.93. The Morgan fingerprint density at radius 3 is 3.07 bits per heavy atom. The molecule has 0 amide bonds. The molecule has 0 aliphatic carbocycles. The van der Waals surface area contributed by atoms with Crippen LogP contribution in [0.1, 0.15) is 5.56 Å². The molecule has 15 heavy (non-hydrogen) atoms. The topological polar surface area (TPSA) is 22.1 Å². The van der Waals surface area contributed by atoms with Gasteiger partial charge in [0.2, 0.25) is 0 Å². The Bertz CT molecular complexity index is 431. The molecule has 2 rings (SSSR count). The number of aromatic nitrogens is 1. The summed E-state index contributed by atoms with van der Waals surface area (Å²) in [6.45, 7) is 0.386. The Balaban J connectivity index is 1.99. The lowest BCUT2D eigenvalue weighted by Crippen LogP contribution is -1.95. The van der Waals surface area contributed by atoms with Gasteiger partial charge in [-0.25, -0.2) is 4.39 Å². The number of nitrogens with zero attached hydrogens (tertiary/aromatic N) is 1. The van der Waals surface area contributed by atoms with Crippen molar-refractivity contribution in [2.75, 3.05) is 0 Å². The standard InChI is InChI=1S/C12H9FNO/c13-11-4-1-5-12(7-11)15-9-10-3-2-6-14-8-10/h1-3,5-8H,9H2. The molecule has 3 heteroatoms. The van der Waals surface area contributed by atoms with Crippen LogP contribution >= 0.6 is 0 Å². The highest BCUT2D eigenvalue weighted by Gasteiger charge is 1.97. The molecule has 2 nitrogen and oxygen atoms in total. The summed E-state index contributed by atoms with van der Waals surface area (Å²) in [4.78, 5) is 3.95. The van der Waals surface area contributed by atoms with Crippen LogP contribution < -0.4 is 4.74 Å². The van der Waals surface area contributed by atoms with E-state index in [1.54, 1.807) is 18.5 Å². The van der Waals surface area contributed by atoms with Crippen LogP contribution in [0.2, 0.25) is 0 Å². The molecular weight excluding hydrogens is 193 g/mol. The minimum Gasteiger partial charge on any atom is -0.489 e. The third-order valence-corrected chi connectivity index (χ3v) is 1.87. The quantitative estimate of drug-likeness (QED) is 0.763. The monoisotopic (exact) mass is 202 g/mol. The molecule has 0 N–H and O–H groups in total. The number of pyridine rings is 1. The molecule has 0 bridgehead atoms. The van der Waals surface area contributed by atoms with E-state index in [0.29, 0.717) is 12.4 Å².